The SMILES string of the molecule is CC1=CC2C(=O)C3(C=CCC3C1)CCC1C2C1(C)C. The minimum atomic E-state index is -0.0948. The normalized spacial score (nSPS) is 49.8. The zero-order valence-electron chi connectivity index (χ0n) is 12.3. The van der Waals surface area contributed by atoms with Crippen LogP contribution in [0.4, 0.5) is 0 Å². The van der Waals surface area contributed by atoms with Gasteiger partial charge in [0.1, 0.15) is 5.78 Å². The highest BCUT2D eigenvalue weighted by atomic mass is 16.1. The standard InChI is InChI=1S/C18H24O/c1-11-9-12-5-4-7-18(12)8-6-14-15(17(14,2)3)13(10-11)16(18)19/h4,7,10,12-15H,5-6,8-9H2,1-3H3. The number of hydrogen-bond donors (Lipinski definition) is 0. The Bertz CT molecular complexity index is 510. The van der Waals surface area contributed by atoms with E-state index in [9.17, 15) is 4.79 Å². The molecule has 4 aliphatic rings. The smallest absolute Gasteiger partial charge is 0.150 e. The molecule has 1 spiro atoms. The molecule has 1 heteroatoms. The third kappa shape index (κ3) is 1.34. The van der Waals surface area contributed by atoms with Crippen molar-refractivity contribution in [2.45, 2.75) is 46.5 Å². The van der Waals surface area contributed by atoms with E-state index in [4.69, 9.17) is 0 Å². The van der Waals surface area contributed by atoms with Crippen LogP contribution in [-0.4, -0.2) is 5.78 Å². The van der Waals surface area contributed by atoms with Gasteiger partial charge >= 0.3 is 0 Å². The molecule has 0 aromatic carbocycles. The van der Waals surface area contributed by atoms with Crippen LogP contribution >= 0.6 is 0 Å². The zero-order valence-corrected chi connectivity index (χ0v) is 12.3. The average molecular weight is 256 g/mol. The summed E-state index contributed by atoms with van der Waals surface area (Å²) in [5, 5.41) is 0. The molecular formula is C18H24O. The van der Waals surface area contributed by atoms with Crippen molar-refractivity contribution in [2.75, 3.05) is 0 Å². The first-order valence-electron chi connectivity index (χ1n) is 7.86. The maximum atomic E-state index is 13.2. The van der Waals surface area contributed by atoms with Gasteiger partial charge in [0.25, 0.3) is 0 Å². The molecule has 2 saturated carbocycles. The second-order valence-corrected chi connectivity index (χ2v) is 7.97. The van der Waals surface area contributed by atoms with Crippen molar-refractivity contribution in [1.82, 2.24) is 0 Å². The van der Waals surface area contributed by atoms with Gasteiger partial charge in [0.05, 0.1) is 5.41 Å². The summed E-state index contributed by atoms with van der Waals surface area (Å²) >= 11 is 0. The minimum Gasteiger partial charge on any atom is -0.298 e. The lowest BCUT2D eigenvalue weighted by molar-refractivity contribution is -0.131. The summed E-state index contributed by atoms with van der Waals surface area (Å²) in [4.78, 5) is 13.2. The van der Waals surface area contributed by atoms with Crippen LogP contribution < -0.4 is 0 Å². The molecule has 4 rings (SSSR count). The van der Waals surface area contributed by atoms with Crippen molar-refractivity contribution in [3.8, 4) is 0 Å². The molecule has 19 heavy (non-hydrogen) atoms. The van der Waals surface area contributed by atoms with Gasteiger partial charge in [-0.25, -0.2) is 0 Å². The molecule has 0 aromatic heterocycles. The molecule has 0 radical (unpaired) electrons. The largest absolute Gasteiger partial charge is 0.298 e. The Labute approximate surface area is 116 Å². The minimum absolute atomic E-state index is 0.0948. The summed E-state index contributed by atoms with van der Waals surface area (Å²) in [5.74, 6) is 2.71. The van der Waals surface area contributed by atoms with Gasteiger partial charge in [-0.3, -0.25) is 4.79 Å². The number of allylic oxidation sites excluding steroid dienone is 4. The summed E-state index contributed by atoms with van der Waals surface area (Å²) in [6, 6.07) is 0. The van der Waals surface area contributed by atoms with E-state index in [1.54, 1.807) is 0 Å². The Balaban J connectivity index is 1.83. The molecule has 0 N–H and O–H groups in total. The summed E-state index contributed by atoms with van der Waals surface area (Å²) in [7, 11) is 0. The highest BCUT2D eigenvalue weighted by Gasteiger charge is 2.66. The number of Topliss-reactive ketones (excluding diaryl/α,β-unsaturated/α-hetero) is 1. The highest BCUT2D eigenvalue weighted by Crippen LogP contribution is 2.69. The molecule has 2 fully saturated rings. The fourth-order valence-electron chi connectivity index (χ4n) is 5.61. The number of rotatable bonds is 0. The summed E-state index contributed by atoms with van der Waals surface area (Å²) < 4.78 is 0. The molecule has 0 aromatic rings. The highest BCUT2D eigenvalue weighted by molar-refractivity contribution is 5.92. The Morgan fingerprint density at radius 1 is 1.32 bits per heavy atom. The van der Waals surface area contributed by atoms with E-state index in [1.807, 2.05) is 0 Å². The van der Waals surface area contributed by atoms with Crippen LogP contribution in [0.15, 0.2) is 23.8 Å². The van der Waals surface area contributed by atoms with Crippen molar-refractivity contribution >= 4 is 5.78 Å². The van der Waals surface area contributed by atoms with Gasteiger partial charge in [-0.05, 0) is 55.8 Å². The van der Waals surface area contributed by atoms with Gasteiger partial charge in [-0.15, -0.1) is 0 Å². The first-order chi connectivity index (χ1) is 8.97. The van der Waals surface area contributed by atoms with Crippen LogP contribution in [0, 0.1) is 34.5 Å². The maximum absolute atomic E-state index is 13.2. The quantitative estimate of drug-likeness (QED) is 0.595. The van der Waals surface area contributed by atoms with E-state index in [1.165, 1.54) is 12.0 Å². The zero-order chi connectivity index (χ0) is 13.4. The first-order valence-corrected chi connectivity index (χ1v) is 7.86. The van der Waals surface area contributed by atoms with E-state index < -0.39 is 0 Å². The van der Waals surface area contributed by atoms with E-state index in [0.29, 0.717) is 23.0 Å². The molecule has 0 heterocycles. The predicted octanol–water partition coefficient (Wildman–Crippen LogP) is 4.15. The Morgan fingerprint density at radius 3 is 2.89 bits per heavy atom. The van der Waals surface area contributed by atoms with E-state index in [0.717, 1.165) is 25.2 Å². The Morgan fingerprint density at radius 2 is 2.11 bits per heavy atom. The van der Waals surface area contributed by atoms with Gasteiger partial charge in [0.15, 0.2) is 0 Å². The van der Waals surface area contributed by atoms with Crippen LogP contribution in [0.5, 0.6) is 0 Å². The lowest BCUT2D eigenvalue weighted by atomic mass is 9.68. The van der Waals surface area contributed by atoms with Gasteiger partial charge < -0.3 is 0 Å². The lowest BCUT2D eigenvalue weighted by Crippen LogP contribution is -2.37. The van der Waals surface area contributed by atoms with Crippen LogP contribution in [0.1, 0.15) is 46.5 Å². The van der Waals surface area contributed by atoms with Crippen LogP contribution in [0.2, 0.25) is 0 Å². The number of hydrogen-bond acceptors (Lipinski definition) is 1. The second kappa shape index (κ2) is 3.42. The predicted molar refractivity (Wildman–Crippen MR) is 76.5 cm³/mol. The lowest BCUT2D eigenvalue weighted by Gasteiger charge is -2.33. The first kappa shape index (κ1) is 11.9. The van der Waals surface area contributed by atoms with Crippen molar-refractivity contribution in [1.29, 1.82) is 0 Å². The Kier molecular flexibility index (Phi) is 2.15. The second-order valence-electron chi connectivity index (χ2n) is 7.97. The third-order valence-electron chi connectivity index (χ3n) is 6.75. The molecule has 5 atom stereocenters. The van der Waals surface area contributed by atoms with Crippen LogP contribution in [0.25, 0.3) is 0 Å². The van der Waals surface area contributed by atoms with Crippen molar-refractivity contribution in [3.05, 3.63) is 23.8 Å². The number of carbonyl (C=O) groups is 1. The van der Waals surface area contributed by atoms with Crippen molar-refractivity contribution < 1.29 is 4.79 Å². The Hall–Kier alpha value is -0.850. The van der Waals surface area contributed by atoms with E-state index >= 15 is 0 Å². The van der Waals surface area contributed by atoms with Crippen LogP contribution in [0.3, 0.4) is 0 Å². The molecule has 5 unspecified atom stereocenters. The summed E-state index contributed by atoms with van der Waals surface area (Å²) in [5.41, 5.74) is 1.75. The summed E-state index contributed by atoms with van der Waals surface area (Å²) in [6.45, 7) is 6.97. The van der Waals surface area contributed by atoms with Gasteiger partial charge in [-0.2, -0.15) is 0 Å². The monoisotopic (exact) mass is 256 g/mol. The molecule has 0 saturated heterocycles. The van der Waals surface area contributed by atoms with Crippen molar-refractivity contribution in [2.24, 2.45) is 34.5 Å². The summed E-state index contributed by atoms with van der Waals surface area (Å²) in [6.07, 6.45) is 11.5. The topological polar surface area (TPSA) is 17.1 Å². The molecular weight excluding hydrogens is 232 g/mol. The number of carbonyl (C=O) groups excluding carboxylic acids is 1. The van der Waals surface area contributed by atoms with Gasteiger partial charge in [0, 0.05) is 5.92 Å². The van der Waals surface area contributed by atoms with E-state index in [-0.39, 0.29) is 11.3 Å². The third-order valence-corrected chi connectivity index (χ3v) is 6.75. The number of ketones is 1. The van der Waals surface area contributed by atoms with Gasteiger partial charge in [0.2, 0.25) is 0 Å². The van der Waals surface area contributed by atoms with Gasteiger partial charge in [-0.1, -0.05) is 37.6 Å². The van der Waals surface area contributed by atoms with Crippen LogP contribution in [-0.2, 0) is 4.79 Å². The molecule has 4 aliphatic carbocycles. The number of fused-ring (bicyclic) bond motifs is 3. The average Bonchev–Trinajstić information content (AvgIpc) is 2.75. The molecule has 0 aliphatic heterocycles. The fourth-order valence-corrected chi connectivity index (χ4v) is 5.61. The maximum Gasteiger partial charge on any atom is 0.150 e. The molecule has 0 amide bonds. The molecule has 2 bridgehead atoms. The molecule has 102 valence electrons. The van der Waals surface area contributed by atoms with Crippen molar-refractivity contribution in [3.63, 3.8) is 0 Å². The fraction of sp³-hybridized carbons (Fsp3) is 0.722. The molecule has 1 nitrogen and oxygen atoms in total. The van der Waals surface area contributed by atoms with E-state index in [2.05, 4.69) is 39.0 Å².